The number of thioether (sulfide) groups is 1. The molecular formula is C13H22O2S. The summed E-state index contributed by atoms with van der Waals surface area (Å²) >= 11 is 1.88. The zero-order valence-electron chi connectivity index (χ0n) is 9.97. The second-order valence-corrected chi connectivity index (χ2v) is 5.93. The summed E-state index contributed by atoms with van der Waals surface area (Å²) in [6.07, 6.45) is 9.48. The van der Waals surface area contributed by atoms with Crippen molar-refractivity contribution < 1.29 is 9.84 Å². The van der Waals surface area contributed by atoms with Gasteiger partial charge in [0.15, 0.2) is 0 Å². The van der Waals surface area contributed by atoms with Crippen LogP contribution in [0.2, 0.25) is 0 Å². The zero-order valence-corrected chi connectivity index (χ0v) is 10.8. The molecule has 0 aromatic carbocycles. The molecule has 2 aliphatic rings. The van der Waals surface area contributed by atoms with E-state index in [9.17, 15) is 5.11 Å². The summed E-state index contributed by atoms with van der Waals surface area (Å²) in [4.78, 5) is 0. The third kappa shape index (κ3) is 3.25. The molecule has 0 radical (unpaired) electrons. The van der Waals surface area contributed by atoms with E-state index in [1.807, 2.05) is 11.8 Å². The number of hydrogen-bond acceptors (Lipinski definition) is 3. The molecule has 0 aromatic rings. The minimum absolute atomic E-state index is 0.111. The molecule has 2 rings (SSSR count). The molecule has 2 aliphatic heterocycles. The molecule has 3 heteroatoms. The van der Waals surface area contributed by atoms with Gasteiger partial charge < -0.3 is 9.84 Å². The Bertz CT molecular complexity index is 242. The van der Waals surface area contributed by atoms with E-state index in [0.717, 1.165) is 24.3 Å². The number of rotatable bonds is 7. The molecule has 4 atom stereocenters. The highest BCUT2D eigenvalue weighted by atomic mass is 32.2. The highest BCUT2D eigenvalue weighted by Gasteiger charge is 2.36. The standard InChI is InChI=1S/C13H22O2S/c1-2-3-4-11(14)9-16-8-10-7-12-5-6-13(10)15-12/h5-6,10-14H,2-4,7-9H2,1H3. The fourth-order valence-corrected chi connectivity index (χ4v) is 3.61. The second-order valence-electron chi connectivity index (χ2n) is 4.85. The van der Waals surface area contributed by atoms with Crippen molar-refractivity contribution in [3.63, 3.8) is 0 Å². The Morgan fingerprint density at radius 2 is 2.38 bits per heavy atom. The Labute approximate surface area is 102 Å². The van der Waals surface area contributed by atoms with Gasteiger partial charge in [-0.25, -0.2) is 0 Å². The lowest BCUT2D eigenvalue weighted by atomic mass is 9.96. The van der Waals surface area contributed by atoms with Crippen LogP contribution in [0.1, 0.15) is 32.6 Å². The minimum Gasteiger partial charge on any atom is -0.392 e. The van der Waals surface area contributed by atoms with Crippen LogP contribution in [0, 0.1) is 5.92 Å². The van der Waals surface area contributed by atoms with Gasteiger partial charge in [0.2, 0.25) is 0 Å². The number of unbranched alkanes of at least 4 members (excludes halogenated alkanes) is 1. The maximum absolute atomic E-state index is 9.72. The first kappa shape index (κ1) is 12.5. The first-order chi connectivity index (χ1) is 7.79. The van der Waals surface area contributed by atoms with E-state index in [4.69, 9.17) is 4.74 Å². The zero-order chi connectivity index (χ0) is 11.4. The molecular weight excluding hydrogens is 220 g/mol. The van der Waals surface area contributed by atoms with E-state index in [0.29, 0.717) is 18.1 Å². The molecule has 0 amide bonds. The average Bonchev–Trinajstić information content (AvgIpc) is 2.88. The monoisotopic (exact) mass is 242 g/mol. The Hall–Kier alpha value is 0.01000. The molecule has 16 heavy (non-hydrogen) atoms. The largest absolute Gasteiger partial charge is 0.392 e. The predicted octanol–water partition coefficient (Wildman–Crippen LogP) is 2.61. The third-order valence-corrected chi connectivity index (χ3v) is 4.66. The highest BCUT2D eigenvalue weighted by Crippen LogP contribution is 2.35. The van der Waals surface area contributed by atoms with Crippen molar-refractivity contribution in [1.29, 1.82) is 0 Å². The number of aliphatic hydroxyl groups is 1. The molecule has 1 saturated heterocycles. The van der Waals surface area contributed by atoms with Crippen LogP contribution in [0.3, 0.4) is 0 Å². The van der Waals surface area contributed by atoms with E-state index >= 15 is 0 Å². The van der Waals surface area contributed by atoms with Gasteiger partial charge in [-0.15, -0.1) is 0 Å². The predicted molar refractivity (Wildman–Crippen MR) is 68.8 cm³/mol. The molecule has 1 fully saturated rings. The molecule has 2 nitrogen and oxygen atoms in total. The van der Waals surface area contributed by atoms with E-state index in [-0.39, 0.29) is 6.10 Å². The summed E-state index contributed by atoms with van der Waals surface area (Å²) in [6.45, 7) is 2.17. The van der Waals surface area contributed by atoms with Crippen LogP contribution in [0.5, 0.6) is 0 Å². The van der Waals surface area contributed by atoms with Crippen molar-refractivity contribution in [2.24, 2.45) is 5.92 Å². The van der Waals surface area contributed by atoms with E-state index in [1.165, 1.54) is 12.8 Å². The minimum atomic E-state index is -0.111. The lowest BCUT2D eigenvalue weighted by molar-refractivity contribution is 0.111. The van der Waals surface area contributed by atoms with Gasteiger partial charge in [0, 0.05) is 11.7 Å². The topological polar surface area (TPSA) is 29.5 Å². The fourth-order valence-electron chi connectivity index (χ4n) is 2.40. The van der Waals surface area contributed by atoms with Crippen molar-refractivity contribution in [3.8, 4) is 0 Å². The Balaban J connectivity index is 1.56. The summed E-state index contributed by atoms with van der Waals surface area (Å²) in [5.74, 6) is 2.70. The summed E-state index contributed by atoms with van der Waals surface area (Å²) in [5.41, 5.74) is 0. The Morgan fingerprint density at radius 3 is 3.00 bits per heavy atom. The number of ether oxygens (including phenoxy) is 1. The fraction of sp³-hybridized carbons (Fsp3) is 0.846. The summed E-state index contributed by atoms with van der Waals surface area (Å²) in [5, 5.41) is 9.72. The lowest BCUT2D eigenvalue weighted by Gasteiger charge is -2.16. The van der Waals surface area contributed by atoms with E-state index in [2.05, 4.69) is 19.1 Å². The smallest absolute Gasteiger partial charge is 0.0801 e. The van der Waals surface area contributed by atoms with Crippen LogP contribution in [0.15, 0.2) is 12.2 Å². The molecule has 1 N–H and O–H groups in total. The van der Waals surface area contributed by atoms with Gasteiger partial charge in [0.25, 0.3) is 0 Å². The normalized spacial score (nSPS) is 33.5. The molecule has 0 aliphatic carbocycles. The average molecular weight is 242 g/mol. The first-order valence-corrected chi connectivity index (χ1v) is 7.54. The van der Waals surface area contributed by atoms with Crippen molar-refractivity contribution in [2.75, 3.05) is 11.5 Å². The van der Waals surface area contributed by atoms with Crippen molar-refractivity contribution >= 4 is 11.8 Å². The quantitative estimate of drug-likeness (QED) is 0.696. The van der Waals surface area contributed by atoms with Gasteiger partial charge in [0.1, 0.15) is 0 Å². The molecule has 92 valence electrons. The van der Waals surface area contributed by atoms with Gasteiger partial charge in [-0.2, -0.15) is 11.8 Å². The summed E-state index contributed by atoms with van der Waals surface area (Å²) in [6, 6.07) is 0. The molecule has 0 spiro atoms. The van der Waals surface area contributed by atoms with E-state index in [1.54, 1.807) is 0 Å². The van der Waals surface area contributed by atoms with Crippen LogP contribution < -0.4 is 0 Å². The van der Waals surface area contributed by atoms with Gasteiger partial charge in [-0.3, -0.25) is 0 Å². The van der Waals surface area contributed by atoms with Crippen LogP contribution in [0.4, 0.5) is 0 Å². The van der Waals surface area contributed by atoms with Crippen LogP contribution >= 0.6 is 11.8 Å². The Morgan fingerprint density at radius 1 is 1.50 bits per heavy atom. The van der Waals surface area contributed by atoms with Crippen LogP contribution in [-0.4, -0.2) is 34.9 Å². The highest BCUT2D eigenvalue weighted by molar-refractivity contribution is 7.99. The second kappa shape index (κ2) is 6.08. The summed E-state index contributed by atoms with van der Waals surface area (Å²) < 4.78 is 5.72. The van der Waals surface area contributed by atoms with Crippen molar-refractivity contribution in [2.45, 2.75) is 50.9 Å². The molecule has 0 aromatic heterocycles. The van der Waals surface area contributed by atoms with Gasteiger partial charge >= 0.3 is 0 Å². The number of fused-ring (bicyclic) bond motifs is 2. The third-order valence-electron chi connectivity index (χ3n) is 3.38. The number of hydrogen-bond donors (Lipinski definition) is 1. The number of aliphatic hydroxyl groups excluding tert-OH is 1. The summed E-state index contributed by atoms with van der Waals surface area (Å²) in [7, 11) is 0. The van der Waals surface area contributed by atoms with Gasteiger partial charge in [-0.1, -0.05) is 31.9 Å². The maximum Gasteiger partial charge on any atom is 0.0801 e. The van der Waals surface area contributed by atoms with Crippen molar-refractivity contribution in [3.05, 3.63) is 12.2 Å². The molecule has 0 saturated carbocycles. The van der Waals surface area contributed by atoms with Crippen LogP contribution in [-0.2, 0) is 4.74 Å². The van der Waals surface area contributed by atoms with Crippen molar-refractivity contribution in [1.82, 2.24) is 0 Å². The molecule has 4 unspecified atom stereocenters. The van der Waals surface area contributed by atoms with Gasteiger partial charge in [0.05, 0.1) is 18.3 Å². The molecule has 2 heterocycles. The maximum atomic E-state index is 9.72. The Kier molecular flexibility index (Phi) is 4.74. The van der Waals surface area contributed by atoms with Gasteiger partial charge in [-0.05, 0) is 18.6 Å². The SMILES string of the molecule is CCCCC(O)CSCC1CC2C=CC1O2. The van der Waals surface area contributed by atoms with Crippen LogP contribution in [0.25, 0.3) is 0 Å². The lowest BCUT2D eigenvalue weighted by Crippen LogP contribution is -2.17. The first-order valence-electron chi connectivity index (χ1n) is 6.39. The van der Waals surface area contributed by atoms with E-state index < -0.39 is 0 Å². The molecule has 2 bridgehead atoms.